The standard InChI is InChI=1S/C17H17F3O/c1-11-3-4-12(2)15(9-11)16(21)10-13-5-7-14(8-6-13)17(18,19)20/h3-9,16,21H,10H2,1-2H3. The largest absolute Gasteiger partial charge is 0.416 e. The normalized spacial score (nSPS) is 13.2. The Morgan fingerprint density at radius 2 is 1.62 bits per heavy atom. The van der Waals surface area contributed by atoms with Crippen LogP contribution in [0.25, 0.3) is 0 Å². The zero-order valence-corrected chi connectivity index (χ0v) is 11.9. The van der Waals surface area contributed by atoms with Gasteiger partial charge >= 0.3 is 6.18 Å². The average molecular weight is 294 g/mol. The van der Waals surface area contributed by atoms with Crippen LogP contribution in [-0.4, -0.2) is 5.11 Å². The summed E-state index contributed by atoms with van der Waals surface area (Å²) in [6.45, 7) is 3.85. The first kappa shape index (κ1) is 15.6. The molecule has 0 aliphatic heterocycles. The molecule has 0 amide bonds. The fraction of sp³-hybridized carbons (Fsp3) is 0.294. The Labute approximate surface area is 122 Å². The number of aryl methyl sites for hydroxylation is 2. The van der Waals surface area contributed by atoms with Crippen molar-refractivity contribution in [2.75, 3.05) is 0 Å². The van der Waals surface area contributed by atoms with Crippen LogP contribution < -0.4 is 0 Å². The van der Waals surface area contributed by atoms with Crippen molar-refractivity contribution in [3.8, 4) is 0 Å². The van der Waals surface area contributed by atoms with E-state index in [0.717, 1.165) is 28.8 Å². The molecule has 1 nitrogen and oxygen atoms in total. The molecule has 4 heteroatoms. The number of aliphatic hydroxyl groups is 1. The summed E-state index contributed by atoms with van der Waals surface area (Å²) < 4.78 is 37.5. The molecule has 21 heavy (non-hydrogen) atoms. The molecule has 2 aromatic rings. The predicted molar refractivity (Wildman–Crippen MR) is 76.0 cm³/mol. The number of hydrogen-bond donors (Lipinski definition) is 1. The number of hydrogen-bond acceptors (Lipinski definition) is 1. The molecule has 0 saturated heterocycles. The number of benzene rings is 2. The van der Waals surface area contributed by atoms with Crippen molar-refractivity contribution in [3.05, 3.63) is 70.3 Å². The van der Waals surface area contributed by atoms with Crippen molar-refractivity contribution in [1.29, 1.82) is 0 Å². The molecular formula is C17H17F3O. The summed E-state index contributed by atoms with van der Waals surface area (Å²) in [6, 6.07) is 10.7. The minimum Gasteiger partial charge on any atom is -0.388 e. The Morgan fingerprint density at radius 1 is 1.00 bits per heavy atom. The Hall–Kier alpha value is -1.81. The molecule has 0 saturated carbocycles. The van der Waals surface area contributed by atoms with Gasteiger partial charge in [-0.2, -0.15) is 13.2 Å². The SMILES string of the molecule is Cc1ccc(C)c(C(O)Cc2ccc(C(F)(F)F)cc2)c1. The highest BCUT2D eigenvalue weighted by Crippen LogP contribution is 2.30. The predicted octanol–water partition coefficient (Wildman–Crippen LogP) is 4.60. The lowest BCUT2D eigenvalue weighted by Gasteiger charge is -2.15. The van der Waals surface area contributed by atoms with E-state index in [1.165, 1.54) is 12.1 Å². The molecular weight excluding hydrogens is 277 g/mol. The third-order valence-electron chi connectivity index (χ3n) is 3.50. The van der Waals surface area contributed by atoms with Crippen molar-refractivity contribution >= 4 is 0 Å². The number of alkyl halides is 3. The van der Waals surface area contributed by atoms with Gasteiger partial charge in [-0.25, -0.2) is 0 Å². The van der Waals surface area contributed by atoms with Crippen LogP contribution in [0.2, 0.25) is 0 Å². The molecule has 2 aromatic carbocycles. The lowest BCUT2D eigenvalue weighted by molar-refractivity contribution is -0.137. The molecule has 0 fully saturated rings. The molecule has 0 spiro atoms. The molecule has 112 valence electrons. The van der Waals surface area contributed by atoms with Gasteiger partial charge in [0.1, 0.15) is 0 Å². The summed E-state index contributed by atoms with van der Waals surface area (Å²) in [4.78, 5) is 0. The van der Waals surface area contributed by atoms with E-state index in [-0.39, 0.29) is 0 Å². The van der Waals surface area contributed by atoms with Crippen LogP contribution >= 0.6 is 0 Å². The van der Waals surface area contributed by atoms with Gasteiger partial charge in [0.15, 0.2) is 0 Å². The van der Waals surface area contributed by atoms with E-state index in [1.54, 1.807) is 0 Å². The fourth-order valence-electron chi connectivity index (χ4n) is 2.28. The highest BCUT2D eigenvalue weighted by atomic mass is 19.4. The first-order chi connectivity index (χ1) is 9.77. The van der Waals surface area contributed by atoms with Gasteiger partial charge in [0.05, 0.1) is 11.7 Å². The van der Waals surface area contributed by atoms with E-state index in [1.807, 2.05) is 32.0 Å². The smallest absolute Gasteiger partial charge is 0.388 e. The minimum absolute atomic E-state index is 0.294. The van der Waals surface area contributed by atoms with Crippen molar-refractivity contribution in [2.24, 2.45) is 0 Å². The Kier molecular flexibility index (Phi) is 4.37. The lowest BCUT2D eigenvalue weighted by atomic mass is 9.96. The van der Waals surface area contributed by atoms with Gasteiger partial charge in [-0.05, 0) is 42.7 Å². The van der Waals surface area contributed by atoms with Crippen LogP contribution in [0.15, 0.2) is 42.5 Å². The highest BCUT2D eigenvalue weighted by molar-refractivity contribution is 5.34. The third-order valence-corrected chi connectivity index (χ3v) is 3.50. The maximum absolute atomic E-state index is 12.5. The van der Waals surface area contributed by atoms with Gasteiger partial charge in [0.25, 0.3) is 0 Å². The second-order valence-electron chi connectivity index (χ2n) is 5.27. The zero-order chi connectivity index (χ0) is 15.6. The van der Waals surface area contributed by atoms with Crippen LogP contribution in [0.3, 0.4) is 0 Å². The molecule has 2 rings (SSSR count). The summed E-state index contributed by atoms with van der Waals surface area (Å²) in [5, 5.41) is 10.3. The first-order valence-electron chi connectivity index (χ1n) is 6.69. The van der Waals surface area contributed by atoms with Crippen molar-refractivity contribution < 1.29 is 18.3 Å². The monoisotopic (exact) mass is 294 g/mol. The third kappa shape index (κ3) is 3.85. The Morgan fingerprint density at radius 3 is 2.19 bits per heavy atom. The summed E-state index contributed by atoms with van der Waals surface area (Å²) in [5.41, 5.74) is 2.83. The molecule has 0 aromatic heterocycles. The van der Waals surface area contributed by atoms with Crippen molar-refractivity contribution in [3.63, 3.8) is 0 Å². The van der Waals surface area contributed by atoms with Gasteiger partial charge < -0.3 is 5.11 Å². The highest BCUT2D eigenvalue weighted by Gasteiger charge is 2.30. The van der Waals surface area contributed by atoms with Gasteiger partial charge in [0, 0.05) is 6.42 Å². The fourth-order valence-corrected chi connectivity index (χ4v) is 2.28. The summed E-state index contributed by atoms with van der Waals surface area (Å²) in [6.07, 6.45) is -4.76. The van der Waals surface area contributed by atoms with Gasteiger partial charge in [-0.1, -0.05) is 35.9 Å². The van der Waals surface area contributed by atoms with Crippen LogP contribution in [0, 0.1) is 13.8 Å². The van der Waals surface area contributed by atoms with E-state index in [4.69, 9.17) is 0 Å². The summed E-state index contributed by atoms with van der Waals surface area (Å²) in [7, 11) is 0. The topological polar surface area (TPSA) is 20.2 Å². The minimum atomic E-state index is -4.33. The molecule has 0 aliphatic carbocycles. The zero-order valence-electron chi connectivity index (χ0n) is 11.9. The van der Waals surface area contributed by atoms with E-state index in [0.29, 0.717) is 12.0 Å². The van der Waals surface area contributed by atoms with Crippen LogP contribution in [-0.2, 0) is 12.6 Å². The average Bonchev–Trinajstić information content (AvgIpc) is 2.41. The quantitative estimate of drug-likeness (QED) is 0.877. The lowest BCUT2D eigenvalue weighted by Crippen LogP contribution is -2.07. The number of aliphatic hydroxyl groups excluding tert-OH is 1. The van der Waals surface area contributed by atoms with Crippen LogP contribution in [0.5, 0.6) is 0 Å². The second kappa shape index (κ2) is 5.90. The van der Waals surface area contributed by atoms with Crippen LogP contribution in [0.1, 0.15) is 33.9 Å². The molecule has 0 radical (unpaired) electrons. The van der Waals surface area contributed by atoms with Gasteiger partial charge in [-0.15, -0.1) is 0 Å². The Balaban J connectivity index is 2.16. The molecule has 1 N–H and O–H groups in total. The first-order valence-corrected chi connectivity index (χ1v) is 6.69. The van der Waals surface area contributed by atoms with E-state index in [2.05, 4.69) is 0 Å². The maximum Gasteiger partial charge on any atom is 0.416 e. The molecule has 1 unspecified atom stereocenters. The van der Waals surface area contributed by atoms with E-state index >= 15 is 0 Å². The Bertz CT molecular complexity index is 615. The molecule has 0 bridgehead atoms. The summed E-state index contributed by atoms with van der Waals surface area (Å²) >= 11 is 0. The number of halogens is 3. The maximum atomic E-state index is 12.5. The van der Waals surface area contributed by atoms with Gasteiger partial charge in [-0.3, -0.25) is 0 Å². The molecule has 0 aliphatic rings. The van der Waals surface area contributed by atoms with Crippen LogP contribution in [0.4, 0.5) is 13.2 Å². The second-order valence-corrected chi connectivity index (χ2v) is 5.27. The number of rotatable bonds is 3. The van der Waals surface area contributed by atoms with Gasteiger partial charge in [0.2, 0.25) is 0 Å². The summed E-state index contributed by atoms with van der Waals surface area (Å²) in [5.74, 6) is 0. The van der Waals surface area contributed by atoms with Crippen molar-refractivity contribution in [2.45, 2.75) is 32.5 Å². The van der Waals surface area contributed by atoms with E-state index in [9.17, 15) is 18.3 Å². The van der Waals surface area contributed by atoms with E-state index < -0.39 is 17.8 Å². The molecule has 1 atom stereocenters. The van der Waals surface area contributed by atoms with Crippen molar-refractivity contribution in [1.82, 2.24) is 0 Å². The molecule has 0 heterocycles.